The first-order chi connectivity index (χ1) is 11.9. The highest BCUT2D eigenvalue weighted by Crippen LogP contribution is 2.32. The van der Waals surface area contributed by atoms with Crippen LogP contribution in [0.4, 0.5) is 5.95 Å². The molecule has 0 aliphatic carbocycles. The molecular formula is C15H25N7O2S. The number of aromatic nitrogens is 3. The number of nitrogens with two attached hydrogens (primary N) is 1. The zero-order valence-electron chi connectivity index (χ0n) is 14.7. The second-order valence-electron chi connectivity index (χ2n) is 6.82. The lowest BCUT2D eigenvalue weighted by molar-refractivity contribution is -0.134. The number of rotatable bonds is 3. The van der Waals surface area contributed by atoms with Gasteiger partial charge in [-0.15, -0.1) is 5.10 Å². The lowest BCUT2D eigenvalue weighted by Gasteiger charge is -2.49. The number of nitrogen functional groups attached to an aromatic ring is 1. The Balaban J connectivity index is 1.63. The van der Waals surface area contributed by atoms with Crippen LogP contribution in [0.2, 0.25) is 0 Å². The van der Waals surface area contributed by atoms with Crippen LogP contribution in [0.25, 0.3) is 0 Å². The predicted octanol–water partition coefficient (Wildman–Crippen LogP) is -0.366. The molecule has 3 rings (SSSR count). The molecule has 2 saturated heterocycles. The smallest absolute Gasteiger partial charge is 0.233 e. The van der Waals surface area contributed by atoms with Gasteiger partial charge in [-0.2, -0.15) is 4.98 Å². The van der Waals surface area contributed by atoms with Crippen LogP contribution in [0.1, 0.15) is 19.3 Å². The highest BCUT2D eigenvalue weighted by molar-refractivity contribution is 7.99. The zero-order chi connectivity index (χ0) is 18.0. The first-order valence-electron chi connectivity index (χ1n) is 8.43. The van der Waals surface area contributed by atoms with Gasteiger partial charge in [0.1, 0.15) is 0 Å². The van der Waals surface area contributed by atoms with E-state index in [1.165, 1.54) is 11.8 Å². The van der Waals surface area contributed by atoms with E-state index >= 15 is 0 Å². The molecule has 1 atom stereocenters. The van der Waals surface area contributed by atoms with Crippen molar-refractivity contribution in [3.05, 3.63) is 0 Å². The lowest BCUT2D eigenvalue weighted by Crippen LogP contribution is -2.62. The van der Waals surface area contributed by atoms with Crippen molar-refractivity contribution in [2.45, 2.75) is 30.0 Å². The molecule has 1 aromatic rings. The monoisotopic (exact) mass is 367 g/mol. The number of hydrogen-bond donors (Lipinski definition) is 2. The molecule has 138 valence electrons. The molecular weight excluding hydrogens is 342 g/mol. The number of H-pyrrole nitrogens is 1. The number of likely N-dealkylation sites (tertiary alicyclic amines) is 1. The molecule has 25 heavy (non-hydrogen) atoms. The third kappa shape index (κ3) is 3.90. The predicted molar refractivity (Wildman–Crippen MR) is 94.9 cm³/mol. The van der Waals surface area contributed by atoms with Crippen molar-refractivity contribution >= 4 is 29.5 Å². The maximum absolute atomic E-state index is 12.6. The number of hydrogen-bond acceptors (Lipinski definition) is 7. The van der Waals surface area contributed by atoms with E-state index in [4.69, 9.17) is 5.73 Å². The second kappa shape index (κ2) is 7.20. The number of likely N-dealkylation sites (N-methyl/N-ethyl adjacent to an activating group) is 1. The van der Waals surface area contributed by atoms with Gasteiger partial charge in [0, 0.05) is 45.2 Å². The quantitative estimate of drug-likeness (QED) is 0.701. The molecule has 0 unspecified atom stereocenters. The van der Waals surface area contributed by atoms with Crippen molar-refractivity contribution in [3.63, 3.8) is 0 Å². The summed E-state index contributed by atoms with van der Waals surface area (Å²) in [6.45, 7) is 2.93. The molecule has 2 amide bonds. The Hall–Kier alpha value is -1.81. The highest BCUT2D eigenvalue weighted by Gasteiger charge is 2.42. The van der Waals surface area contributed by atoms with Crippen LogP contribution in [0.15, 0.2) is 5.16 Å². The fourth-order valence-corrected chi connectivity index (χ4v) is 4.22. The summed E-state index contributed by atoms with van der Waals surface area (Å²) < 4.78 is 0. The molecule has 3 heterocycles. The molecule has 2 aliphatic heterocycles. The minimum Gasteiger partial charge on any atom is -0.368 e. The average Bonchev–Trinajstić information content (AvgIpc) is 2.96. The number of anilines is 1. The maximum atomic E-state index is 12.6. The van der Waals surface area contributed by atoms with Crippen LogP contribution >= 0.6 is 11.8 Å². The topological polar surface area (TPSA) is 111 Å². The van der Waals surface area contributed by atoms with Gasteiger partial charge in [-0.25, -0.2) is 5.10 Å². The Kier molecular flexibility index (Phi) is 5.19. The van der Waals surface area contributed by atoms with E-state index in [0.29, 0.717) is 24.7 Å². The zero-order valence-corrected chi connectivity index (χ0v) is 15.5. The van der Waals surface area contributed by atoms with Crippen LogP contribution in [-0.4, -0.2) is 93.3 Å². The molecule has 10 heteroatoms. The third-order valence-corrected chi connectivity index (χ3v) is 6.13. The van der Waals surface area contributed by atoms with Gasteiger partial charge in [-0.05, 0) is 19.9 Å². The minimum absolute atomic E-state index is 0.0739. The average molecular weight is 367 g/mol. The van der Waals surface area contributed by atoms with Gasteiger partial charge in [0.15, 0.2) is 0 Å². The van der Waals surface area contributed by atoms with Crippen LogP contribution in [0.5, 0.6) is 0 Å². The summed E-state index contributed by atoms with van der Waals surface area (Å²) in [6.07, 6.45) is 2.22. The van der Waals surface area contributed by atoms with Gasteiger partial charge in [-0.3, -0.25) is 14.5 Å². The fourth-order valence-electron chi connectivity index (χ4n) is 3.51. The van der Waals surface area contributed by atoms with Gasteiger partial charge < -0.3 is 15.5 Å². The van der Waals surface area contributed by atoms with E-state index in [-0.39, 0.29) is 29.1 Å². The SMILES string of the molecule is CN1CC[C@]2(CCC1=O)CN(C(=O)CSc1n[nH]c(N)n1)CCN2C. The summed E-state index contributed by atoms with van der Waals surface area (Å²) in [4.78, 5) is 34.7. The second-order valence-corrected chi connectivity index (χ2v) is 7.76. The van der Waals surface area contributed by atoms with Crippen LogP contribution in [-0.2, 0) is 9.59 Å². The molecule has 1 aromatic heterocycles. The van der Waals surface area contributed by atoms with Crippen molar-refractivity contribution in [3.8, 4) is 0 Å². The molecule has 0 radical (unpaired) electrons. The third-order valence-electron chi connectivity index (χ3n) is 5.30. The molecule has 3 N–H and O–H groups in total. The highest BCUT2D eigenvalue weighted by atomic mass is 32.2. The lowest BCUT2D eigenvalue weighted by atomic mass is 9.86. The van der Waals surface area contributed by atoms with Crippen LogP contribution in [0, 0.1) is 0 Å². The van der Waals surface area contributed by atoms with E-state index in [1.54, 1.807) is 4.90 Å². The van der Waals surface area contributed by atoms with E-state index in [9.17, 15) is 9.59 Å². The fraction of sp³-hybridized carbons (Fsp3) is 0.733. The standard InChI is InChI=1S/C15H25N7O2S/c1-20-6-5-15(4-3-11(20)23)10-22(8-7-21(15)2)12(24)9-25-14-17-13(16)18-19-14/h3-10H2,1-2H3,(H3,16,17,18,19)/t15-/m1/s1. The number of thioether (sulfide) groups is 1. The van der Waals surface area contributed by atoms with E-state index in [2.05, 4.69) is 27.1 Å². The Bertz CT molecular complexity index is 652. The largest absolute Gasteiger partial charge is 0.368 e. The minimum atomic E-state index is -0.117. The van der Waals surface area contributed by atoms with Gasteiger partial charge in [0.05, 0.1) is 5.75 Å². The molecule has 1 spiro atoms. The van der Waals surface area contributed by atoms with E-state index in [0.717, 1.165) is 25.9 Å². The number of nitrogens with zero attached hydrogens (tertiary/aromatic N) is 5. The summed E-state index contributed by atoms with van der Waals surface area (Å²) in [6, 6.07) is 0. The number of amides is 2. The first kappa shape index (κ1) is 18.0. The van der Waals surface area contributed by atoms with Gasteiger partial charge in [0.2, 0.25) is 22.9 Å². The van der Waals surface area contributed by atoms with Crippen LogP contribution < -0.4 is 5.73 Å². The number of nitrogens with one attached hydrogen (secondary N) is 1. The van der Waals surface area contributed by atoms with Crippen molar-refractivity contribution in [2.75, 3.05) is 51.8 Å². The van der Waals surface area contributed by atoms with Crippen molar-refractivity contribution < 1.29 is 9.59 Å². The Morgan fingerprint density at radius 1 is 1.32 bits per heavy atom. The van der Waals surface area contributed by atoms with Crippen molar-refractivity contribution in [1.82, 2.24) is 29.9 Å². The van der Waals surface area contributed by atoms with Gasteiger partial charge >= 0.3 is 0 Å². The summed E-state index contributed by atoms with van der Waals surface area (Å²) in [5, 5.41) is 6.99. The molecule has 2 aliphatic rings. The normalized spacial score (nSPS) is 25.4. The van der Waals surface area contributed by atoms with E-state index < -0.39 is 0 Å². The number of piperazine rings is 1. The summed E-state index contributed by atoms with van der Waals surface area (Å²) in [5.41, 5.74) is 5.38. The molecule has 0 aromatic carbocycles. The van der Waals surface area contributed by atoms with Gasteiger partial charge in [0.25, 0.3) is 0 Å². The summed E-state index contributed by atoms with van der Waals surface area (Å²) in [5.74, 6) is 0.799. The number of aromatic amines is 1. The van der Waals surface area contributed by atoms with Crippen molar-refractivity contribution in [1.29, 1.82) is 0 Å². The summed E-state index contributed by atoms with van der Waals surface area (Å²) >= 11 is 1.28. The number of carbonyl (C=O) groups is 2. The number of carbonyl (C=O) groups excluding carboxylic acids is 2. The molecule has 0 bridgehead atoms. The molecule has 9 nitrogen and oxygen atoms in total. The Morgan fingerprint density at radius 2 is 2.12 bits per heavy atom. The first-order valence-corrected chi connectivity index (χ1v) is 9.42. The molecule has 0 saturated carbocycles. The Labute approximate surface area is 151 Å². The van der Waals surface area contributed by atoms with E-state index in [1.807, 2.05) is 11.9 Å². The maximum Gasteiger partial charge on any atom is 0.233 e. The van der Waals surface area contributed by atoms with Gasteiger partial charge in [-0.1, -0.05) is 11.8 Å². The summed E-state index contributed by atoms with van der Waals surface area (Å²) in [7, 11) is 3.95. The Morgan fingerprint density at radius 3 is 2.84 bits per heavy atom. The molecule has 2 fully saturated rings. The van der Waals surface area contributed by atoms with Crippen molar-refractivity contribution in [2.24, 2.45) is 0 Å². The van der Waals surface area contributed by atoms with Crippen LogP contribution in [0.3, 0.4) is 0 Å².